The normalized spacial score (nSPS) is 24.8. The van der Waals surface area contributed by atoms with Crippen LogP contribution in [0.4, 0.5) is 0 Å². The summed E-state index contributed by atoms with van der Waals surface area (Å²) in [7, 11) is 0. The molecule has 1 N–H and O–H groups in total. The van der Waals surface area contributed by atoms with Crippen molar-refractivity contribution in [1.82, 2.24) is 10.2 Å². The summed E-state index contributed by atoms with van der Waals surface area (Å²) in [6, 6.07) is 0. The van der Waals surface area contributed by atoms with Gasteiger partial charge in [-0.05, 0) is 51.2 Å². The quantitative estimate of drug-likeness (QED) is 0.570. The number of nitrogens with zero attached hydrogens (tertiary/aromatic N) is 1. The predicted molar refractivity (Wildman–Crippen MR) is 69.7 cm³/mol. The molecule has 0 aromatic carbocycles. The van der Waals surface area contributed by atoms with Crippen LogP contribution in [-0.2, 0) is 0 Å². The third kappa shape index (κ3) is 4.42. The maximum absolute atomic E-state index is 3.67. The zero-order valence-electron chi connectivity index (χ0n) is 10.7. The SMILES string of the molecule is C1CCCC(CNCCN2CCCC2)CC1. The van der Waals surface area contributed by atoms with Gasteiger partial charge in [-0.1, -0.05) is 25.7 Å². The second-order valence-corrected chi connectivity index (χ2v) is 5.61. The minimum atomic E-state index is 0.973. The van der Waals surface area contributed by atoms with E-state index in [0.29, 0.717) is 0 Å². The fraction of sp³-hybridized carbons (Fsp3) is 1.00. The molecule has 0 amide bonds. The summed E-state index contributed by atoms with van der Waals surface area (Å²) in [6.07, 6.45) is 11.7. The van der Waals surface area contributed by atoms with Crippen LogP contribution in [0.1, 0.15) is 51.4 Å². The van der Waals surface area contributed by atoms with Gasteiger partial charge in [-0.25, -0.2) is 0 Å². The van der Waals surface area contributed by atoms with E-state index >= 15 is 0 Å². The van der Waals surface area contributed by atoms with Gasteiger partial charge in [0.25, 0.3) is 0 Å². The smallest absolute Gasteiger partial charge is 0.0107 e. The van der Waals surface area contributed by atoms with Gasteiger partial charge >= 0.3 is 0 Å². The van der Waals surface area contributed by atoms with Gasteiger partial charge in [0.1, 0.15) is 0 Å². The minimum Gasteiger partial charge on any atom is -0.315 e. The van der Waals surface area contributed by atoms with Crippen LogP contribution in [0.3, 0.4) is 0 Å². The average molecular weight is 224 g/mol. The molecular weight excluding hydrogens is 196 g/mol. The Bertz CT molecular complexity index is 168. The highest BCUT2D eigenvalue weighted by molar-refractivity contribution is 4.69. The molecule has 2 aliphatic rings. The van der Waals surface area contributed by atoms with E-state index in [0.717, 1.165) is 5.92 Å². The van der Waals surface area contributed by atoms with Crippen LogP contribution in [0.2, 0.25) is 0 Å². The molecule has 2 nitrogen and oxygen atoms in total. The molecule has 1 saturated carbocycles. The van der Waals surface area contributed by atoms with E-state index in [1.165, 1.54) is 84.1 Å². The van der Waals surface area contributed by atoms with Crippen molar-refractivity contribution in [2.45, 2.75) is 51.4 Å². The van der Waals surface area contributed by atoms with Gasteiger partial charge < -0.3 is 10.2 Å². The van der Waals surface area contributed by atoms with Crippen LogP contribution >= 0.6 is 0 Å². The number of rotatable bonds is 5. The lowest BCUT2D eigenvalue weighted by Crippen LogP contribution is -2.32. The van der Waals surface area contributed by atoms with Crippen molar-refractivity contribution in [3.8, 4) is 0 Å². The van der Waals surface area contributed by atoms with Gasteiger partial charge in [0.15, 0.2) is 0 Å². The maximum Gasteiger partial charge on any atom is 0.0107 e. The van der Waals surface area contributed by atoms with E-state index in [-0.39, 0.29) is 0 Å². The van der Waals surface area contributed by atoms with Crippen LogP contribution in [0.25, 0.3) is 0 Å². The Hall–Kier alpha value is -0.0800. The first-order valence-corrected chi connectivity index (χ1v) is 7.38. The molecule has 2 rings (SSSR count). The molecule has 2 fully saturated rings. The lowest BCUT2D eigenvalue weighted by Gasteiger charge is -2.18. The summed E-state index contributed by atoms with van der Waals surface area (Å²) in [4.78, 5) is 2.60. The highest BCUT2D eigenvalue weighted by atomic mass is 15.1. The lowest BCUT2D eigenvalue weighted by molar-refractivity contribution is 0.326. The molecule has 94 valence electrons. The van der Waals surface area contributed by atoms with Crippen molar-refractivity contribution in [1.29, 1.82) is 0 Å². The molecule has 0 aromatic rings. The Morgan fingerprint density at radius 1 is 0.875 bits per heavy atom. The monoisotopic (exact) mass is 224 g/mol. The summed E-state index contributed by atoms with van der Waals surface area (Å²) in [5.41, 5.74) is 0. The van der Waals surface area contributed by atoms with E-state index < -0.39 is 0 Å². The van der Waals surface area contributed by atoms with Crippen LogP contribution in [0.15, 0.2) is 0 Å². The van der Waals surface area contributed by atoms with Crippen molar-refractivity contribution in [2.24, 2.45) is 5.92 Å². The molecule has 0 radical (unpaired) electrons. The maximum atomic E-state index is 3.67. The third-order valence-electron chi connectivity index (χ3n) is 4.21. The van der Waals surface area contributed by atoms with E-state index in [1.54, 1.807) is 0 Å². The predicted octanol–water partition coefficient (Wildman–Crippen LogP) is 2.64. The van der Waals surface area contributed by atoms with E-state index in [9.17, 15) is 0 Å². The van der Waals surface area contributed by atoms with E-state index in [1.807, 2.05) is 0 Å². The summed E-state index contributed by atoms with van der Waals surface area (Å²) in [5, 5.41) is 3.67. The van der Waals surface area contributed by atoms with Crippen molar-refractivity contribution < 1.29 is 0 Å². The molecule has 0 spiro atoms. The fourth-order valence-electron chi connectivity index (χ4n) is 3.12. The molecular formula is C14H28N2. The van der Waals surface area contributed by atoms with Gasteiger partial charge in [0, 0.05) is 13.1 Å². The van der Waals surface area contributed by atoms with Gasteiger partial charge in [0.05, 0.1) is 0 Å². The molecule has 1 aliphatic heterocycles. The first-order valence-electron chi connectivity index (χ1n) is 7.38. The average Bonchev–Trinajstić information content (AvgIpc) is 2.68. The van der Waals surface area contributed by atoms with Gasteiger partial charge in [-0.2, -0.15) is 0 Å². The molecule has 1 aliphatic carbocycles. The first-order chi connectivity index (χ1) is 7.95. The number of likely N-dealkylation sites (tertiary alicyclic amines) is 1. The lowest BCUT2D eigenvalue weighted by atomic mass is 10.0. The fourth-order valence-corrected chi connectivity index (χ4v) is 3.12. The zero-order valence-corrected chi connectivity index (χ0v) is 10.7. The third-order valence-corrected chi connectivity index (χ3v) is 4.21. The Balaban J connectivity index is 1.49. The Kier molecular flexibility index (Phi) is 5.64. The largest absolute Gasteiger partial charge is 0.315 e. The highest BCUT2D eigenvalue weighted by Crippen LogP contribution is 2.21. The summed E-state index contributed by atoms with van der Waals surface area (Å²) < 4.78 is 0. The van der Waals surface area contributed by atoms with Crippen molar-refractivity contribution in [2.75, 3.05) is 32.7 Å². The van der Waals surface area contributed by atoms with Crippen molar-refractivity contribution >= 4 is 0 Å². The van der Waals surface area contributed by atoms with Crippen LogP contribution in [0.5, 0.6) is 0 Å². The van der Waals surface area contributed by atoms with Gasteiger partial charge in [-0.3, -0.25) is 0 Å². The molecule has 1 heterocycles. The van der Waals surface area contributed by atoms with Crippen LogP contribution < -0.4 is 5.32 Å². The molecule has 0 bridgehead atoms. The number of nitrogens with one attached hydrogen (secondary N) is 1. The second-order valence-electron chi connectivity index (χ2n) is 5.61. The standard InChI is InChI=1S/C14H28N2/c1-2-4-8-14(7-3-1)13-15-9-12-16-10-5-6-11-16/h14-15H,1-13H2. The summed E-state index contributed by atoms with van der Waals surface area (Å²) in [6.45, 7) is 6.42. The first kappa shape index (κ1) is 12.4. The molecule has 2 heteroatoms. The molecule has 0 atom stereocenters. The van der Waals surface area contributed by atoms with Crippen molar-refractivity contribution in [3.05, 3.63) is 0 Å². The Morgan fingerprint density at radius 2 is 1.56 bits per heavy atom. The van der Waals surface area contributed by atoms with Gasteiger partial charge in [0.2, 0.25) is 0 Å². The topological polar surface area (TPSA) is 15.3 Å². The zero-order chi connectivity index (χ0) is 11.1. The molecule has 0 unspecified atom stereocenters. The highest BCUT2D eigenvalue weighted by Gasteiger charge is 2.13. The second kappa shape index (κ2) is 7.29. The molecule has 0 aromatic heterocycles. The van der Waals surface area contributed by atoms with E-state index in [4.69, 9.17) is 0 Å². The Labute approximate surface area is 101 Å². The van der Waals surface area contributed by atoms with E-state index in [2.05, 4.69) is 10.2 Å². The number of hydrogen-bond donors (Lipinski definition) is 1. The number of hydrogen-bond acceptors (Lipinski definition) is 2. The minimum absolute atomic E-state index is 0.973. The molecule has 1 saturated heterocycles. The Morgan fingerprint density at radius 3 is 2.25 bits per heavy atom. The van der Waals surface area contributed by atoms with Crippen LogP contribution in [0, 0.1) is 5.92 Å². The summed E-state index contributed by atoms with van der Waals surface area (Å²) in [5.74, 6) is 0.973. The molecule has 16 heavy (non-hydrogen) atoms. The van der Waals surface area contributed by atoms with Gasteiger partial charge in [-0.15, -0.1) is 0 Å². The van der Waals surface area contributed by atoms with Crippen molar-refractivity contribution in [3.63, 3.8) is 0 Å². The van der Waals surface area contributed by atoms with Crippen LogP contribution in [-0.4, -0.2) is 37.6 Å². The summed E-state index contributed by atoms with van der Waals surface area (Å²) >= 11 is 0.